The smallest absolute Gasteiger partial charge is 0.167 e. The molecule has 0 aliphatic heterocycles. The summed E-state index contributed by atoms with van der Waals surface area (Å²) < 4.78 is 0. The molecule has 2 aliphatic carbocycles. The number of aromatic hydroxyl groups is 2. The third-order valence-electron chi connectivity index (χ3n) is 7.07. The predicted octanol–water partition coefficient (Wildman–Crippen LogP) is 6.04. The summed E-state index contributed by atoms with van der Waals surface area (Å²) in [6, 6.07) is 17.5. The van der Waals surface area contributed by atoms with Crippen LogP contribution in [0.3, 0.4) is 0 Å². The molecule has 1 heterocycles. The van der Waals surface area contributed by atoms with Crippen LogP contribution in [0.15, 0.2) is 54.6 Å². The van der Waals surface area contributed by atoms with E-state index >= 15 is 0 Å². The maximum atomic E-state index is 10.5. The van der Waals surface area contributed by atoms with Gasteiger partial charge in [0.2, 0.25) is 0 Å². The van der Waals surface area contributed by atoms with E-state index in [9.17, 15) is 10.2 Å². The van der Waals surface area contributed by atoms with E-state index in [1.807, 2.05) is 0 Å². The van der Waals surface area contributed by atoms with Crippen molar-refractivity contribution in [1.82, 2.24) is 15.0 Å². The summed E-state index contributed by atoms with van der Waals surface area (Å²) in [6.07, 6.45) is 9.31. The van der Waals surface area contributed by atoms with Crippen molar-refractivity contribution in [2.75, 3.05) is 0 Å². The molecular formula is C29H27N3O2. The van der Waals surface area contributed by atoms with Gasteiger partial charge in [0.15, 0.2) is 17.5 Å². The number of benzene rings is 3. The third-order valence-corrected chi connectivity index (χ3v) is 7.07. The highest BCUT2D eigenvalue weighted by molar-refractivity contribution is 5.71. The molecule has 0 saturated heterocycles. The Bertz CT molecular complexity index is 1320. The lowest BCUT2D eigenvalue weighted by Crippen LogP contribution is -2.05. The Labute approximate surface area is 199 Å². The molecule has 4 aromatic rings. The van der Waals surface area contributed by atoms with Crippen molar-refractivity contribution in [3.8, 4) is 45.7 Å². The number of phenols is 2. The molecule has 1 aromatic heterocycles. The fraction of sp³-hybridized carbons (Fsp3) is 0.276. The second-order valence-corrected chi connectivity index (χ2v) is 9.39. The highest BCUT2D eigenvalue weighted by atomic mass is 16.3. The lowest BCUT2D eigenvalue weighted by molar-refractivity contribution is 0.451. The number of rotatable bonds is 3. The van der Waals surface area contributed by atoms with Crippen LogP contribution in [0.1, 0.15) is 47.9 Å². The summed E-state index contributed by atoms with van der Waals surface area (Å²) in [5.74, 6) is 1.53. The van der Waals surface area contributed by atoms with E-state index in [0.717, 1.165) is 36.8 Å². The molecule has 0 fully saturated rings. The SMILES string of the molecule is Oc1ccc(-c2nc(-c3ccc4c(c3)CCCC4)nc(-c3ccc4c(c3)CCCC4)n2)c(O)c1. The van der Waals surface area contributed by atoms with Gasteiger partial charge in [-0.3, -0.25) is 0 Å². The zero-order valence-electron chi connectivity index (χ0n) is 19.1. The topological polar surface area (TPSA) is 79.1 Å². The molecule has 170 valence electrons. The number of hydrogen-bond donors (Lipinski definition) is 2. The van der Waals surface area contributed by atoms with E-state index in [1.165, 1.54) is 60.1 Å². The monoisotopic (exact) mass is 449 g/mol. The van der Waals surface area contributed by atoms with Gasteiger partial charge in [-0.25, -0.2) is 15.0 Å². The first-order chi connectivity index (χ1) is 16.6. The van der Waals surface area contributed by atoms with Crippen LogP contribution in [0.5, 0.6) is 11.5 Å². The van der Waals surface area contributed by atoms with E-state index in [2.05, 4.69) is 36.4 Å². The van der Waals surface area contributed by atoms with Gasteiger partial charge >= 0.3 is 0 Å². The summed E-state index contributed by atoms with van der Waals surface area (Å²) in [4.78, 5) is 14.4. The van der Waals surface area contributed by atoms with Crippen molar-refractivity contribution >= 4 is 0 Å². The molecule has 0 unspecified atom stereocenters. The Kier molecular flexibility index (Phi) is 5.25. The summed E-state index contributed by atoms with van der Waals surface area (Å²) in [5.41, 5.74) is 7.95. The Morgan fingerprint density at radius 3 is 1.53 bits per heavy atom. The van der Waals surface area contributed by atoms with Crippen LogP contribution >= 0.6 is 0 Å². The lowest BCUT2D eigenvalue weighted by Gasteiger charge is -2.17. The second kappa shape index (κ2) is 8.56. The van der Waals surface area contributed by atoms with Gasteiger partial charge in [0.1, 0.15) is 11.5 Å². The predicted molar refractivity (Wildman–Crippen MR) is 133 cm³/mol. The third kappa shape index (κ3) is 3.92. The summed E-state index contributed by atoms with van der Waals surface area (Å²) in [5, 5.41) is 20.3. The minimum Gasteiger partial charge on any atom is -0.508 e. The normalized spacial score (nSPS) is 14.9. The highest BCUT2D eigenvalue weighted by Gasteiger charge is 2.18. The van der Waals surface area contributed by atoms with E-state index in [-0.39, 0.29) is 11.5 Å². The molecule has 5 nitrogen and oxygen atoms in total. The standard InChI is InChI=1S/C29H27N3O2/c33-24-13-14-25(26(34)17-24)29-31-27(22-11-9-18-5-1-3-7-20(18)15-22)30-28(32-29)23-12-10-19-6-2-4-8-21(19)16-23/h9-17,33-34H,1-8H2. The van der Waals surface area contributed by atoms with Gasteiger partial charge in [-0.2, -0.15) is 0 Å². The van der Waals surface area contributed by atoms with Crippen LogP contribution in [0, 0.1) is 0 Å². The highest BCUT2D eigenvalue weighted by Crippen LogP contribution is 2.34. The maximum absolute atomic E-state index is 10.5. The van der Waals surface area contributed by atoms with E-state index in [0.29, 0.717) is 23.0 Å². The van der Waals surface area contributed by atoms with Gasteiger partial charge in [0.05, 0.1) is 5.56 Å². The largest absolute Gasteiger partial charge is 0.508 e. The molecule has 0 amide bonds. The molecule has 6 rings (SSSR count). The average Bonchev–Trinajstić information content (AvgIpc) is 2.88. The zero-order chi connectivity index (χ0) is 23.1. The van der Waals surface area contributed by atoms with E-state index < -0.39 is 0 Å². The molecule has 0 atom stereocenters. The summed E-state index contributed by atoms with van der Waals surface area (Å²) in [6.45, 7) is 0. The molecular weight excluding hydrogens is 422 g/mol. The Balaban J connectivity index is 1.51. The molecule has 3 aromatic carbocycles. The molecule has 2 N–H and O–H groups in total. The Hall–Kier alpha value is -3.73. The molecule has 0 spiro atoms. The first kappa shape index (κ1) is 20.8. The molecule has 0 saturated carbocycles. The number of hydrogen-bond acceptors (Lipinski definition) is 5. The summed E-state index contributed by atoms with van der Waals surface area (Å²) in [7, 11) is 0. The van der Waals surface area contributed by atoms with Crippen molar-refractivity contribution in [2.24, 2.45) is 0 Å². The Morgan fingerprint density at radius 1 is 0.500 bits per heavy atom. The lowest BCUT2D eigenvalue weighted by atomic mass is 9.90. The molecule has 0 bridgehead atoms. The number of phenolic OH excluding ortho intramolecular Hbond substituents is 2. The molecule has 2 aliphatic rings. The number of nitrogens with zero attached hydrogens (tertiary/aromatic N) is 3. The van der Waals surface area contributed by atoms with Crippen molar-refractivity contribution in [3.63, 3.8) is 0 Å². The van der Waals surface area contributed by atoms with Gasteiger partial charge in [-0.15, -0.1) is 0 Å². The minimum absolute atomic E-state index is 0.000118. The maximum Gasteiger partial charge on any atom is 0.167 e. The number of fused-ring (bicyclic) bond motifs is 2. The number of aromatic nitrogens is 3. The van der Waals surface area contributed by atoms with Gasteiger partial charge in [-0.1, -0.05) is 24.3 Å². The van der Waals surface area contributed by atoms with Gasteiger partial charge < -0.3 is 10.2 Å². The van der Waals surface area contributed by atoms with Crippen LogP contribution in [0.4, 0.5) is 0 Å². The minimum atomic E-state index is -0.0565. The molecule has 5 heteroatoms. The van der Waals surface area contributed by atoms with Crippen LogP contribution in [0.25, 0.3) is 34.2 Å². The van der Waals surface area contributed by atoms with E-state index in [4.69, 9.17) is 15.0 Å². The zero-order valence-corrected chi connectivity index (χ0v) is 19.1. The fourth-order valence-electron chi connectivity index (χ4n) is 5.21. The first-order valence-electron chi connectivity index (χ1n) is 12.2. The van der Waals surface area contributed by atoms with Crippen molar-refractivity contribution < 1.29 is 10.2 Å². The van der Waals surface area contributed by atoms with Crippen LogP contribution in [-0.4, -0.2) is 25.2 Å². The van der Waals surface area contributed by atoms with Crippen LogP contribution < -0.4 is 0 Å². The van der Waals surface area contributed by atoms with Crippen molar-refractivity contribution in [1.29, 1.82) is 0 Å². The fourth-order valence-corrected chi connectivity index (χ4v) is 5.21. The average molecular weight is 450 g/mol. The number of aryl methyl sites for hydroxylation is 4. The second-order valence-electron chi connectivity index (χ2n) is 9.39. The van der Waals surface area contributed by atoms with Crippen molar-refractivity contribution in [2.45, 2.75) is 51.4 Å². The Morgan fingerprint density at radius 2 is 1.00 bits per heavy atom. The summed E-state index contributed by atoms with van der Waals surface area (Å²) >= 11 is 0. The van der Waals surface area contributed by atoms with Crippen LogP contribution in [0.2, 0.25) is 0 Å². The molecule has 0 radical (unpaired) electrons. The van der Waals surface area contributed by atoms with Gasteiger partial charge in [-0.05, 0) is 97.9 Å². The first-order valence-corrected chi connectivity index (χ1v) is 12.2. The quantitative estimate of drug-likeness (QED) is 0.399. The van der Waals surface area contributed by atoms with Crippen LogP contribution in [-0.2, 0) is 25.7 Å². The molecule has 34 heavy (non-hydrogen) atoms. The van der Waals surface area contributed by atoms with Gasteiger partial charge in [0.25, 0.3) is 0 Å². The van der Waals surface area contributed by atoms with Gasteiger partial charge in [0, 0.05) is 17.2 Å². The van der Waals surface area contributed by atoms with Crippen molar-refractivity contribution in [3.05, 3.63) is 76.9 Å². The van der Waals surface area contributed by atoms with E-state index in [1.54, 1.807) is 6.07 Å².